The number of nitrogens with zero attached hydrogens (tertiary/aromatic N) is 1. The van der Waals surface area contributed by atoms with E-state index in [0.29, 0.717) is 22.2 Å². The van der Waals surface area contributed by atoms with Crippen LogP contribution >= 0.6 is 24.2 Å². The average molecular weight is 271 g/mol. The Morgan fingerprint density at radius 1 is 1.53 bits per heavy atom. The zero-order chi connectivity index (χ0) is 12.6. The SMILES string of the molecule is NC(=O)C1CC(=O)N(c2cc(Cl)ccc2S)C1. The largest absolute Gasteiger partial charge is 0.369 e. The number of hydrogen-bond donors (Lipinski definition) is 2. The predicted octanol–water partition coefficient (Wildman–Crippen LogP) is 1.47. The van der Waals surface area contributed by atoms with Crippen LogP contribution in [0.2, 0.25) is 5.02 Å². The van der Waals surface area contributed by atoms with Crippen LogP contribution in [0.4, 0.5) is 5.69 Å². The van der Waals surface area contributed by atoms with Gasteiger partial charge < -0.3 is 10.6 Å². The van der Waals surface area contributed by atoms with Crippen LogP contribution in [0.5, 0.6) is 0 Å². The Morgan fingerprint density at radius 3 is 2.82 bits per heavy atom. The smallest absolute Gasteiger partial charge is 0.227 e. The molecule has 2 N–H and O–H groups in total. The Labute approximate surface area is 109 Å². The summed E-state index contributed by atoms with van der Waals surface area (Å²) >= 11 is 10.2. The monoisotopic (exact) mass is 270 g/mol. The zero-order valence-corrected chi connectivity index (χ0v) is 10.5. The molecule has 1 saturated heterocycles. The van der Waals surface area contributed by atoms with Gasteiger partial charge in [-0.3, -0.25) is 9.59 Å². The van der Waals surface area contributed by atoms with Gasteiger partial charge in [0.15, 0.2) is 0 Å². The third kappa shape index (κ3) is 2.40. The van der Waals surface area contributed by atoms with Crippen molar-refractivity contribution < 1.29 is 9.59 Å². The second kappa shape index (κ2) is 4.58. The highest BCUT2D eigenvalue weighted by Gasteiger charge is 2.34. The molecule has 2 rings (SSSR count). The van der Waals surface area contributed by atoms with E-state index in [4.69, 9.17) is 17.3 Å². The Hall–Kier alpha value is -1.20. The summed E-state index contributed by atoms with van der Waals surface area (Å²) in [6.45, 7) is 0.294. The molecule has 1 aliphatic heterocycles. The fourth-order valence-electron chi connectivity index (χ4n) is 1.84. The third-order valence-electron chi connectivity index (χ3n) is 2.76. The summed E-state index contributed by atoms with van der Waals surface area (Å²) in [6.07, 6.45) is 0.148. The number of halogens is 1. The number of carbonyl (C=O) groups is 2. The van der Waals surface area contributed by atoms with Gasteiger partial charge in [0.05, 0.1) is 11.6 Å². The molecule has 0 radical (unpaired) electrons. The minimum atomic E-state index is -0.455. The average Bonchev–Trinajstić information content (AvgIpc) is 2.64. The van der Waals surface area contributed by atoms with Crippen LogP contribution in [0.1, 0.15) is 6.42 Å². The summed E-state index contributed by atoms with van der Waals surface area (Å²) < 4.78 is 0. The molecule has 0 aliphatic carbocycles. The first-order valence-electron chi connectivity index (χ1n) is 5.07. The highest BCUT2D eigenvalue weighted by atomic mass is 35.5. The Bertz CT molecular complexity index is 492. The summed E-state index contributed by atoms with van der Waals surface area (Å²) in [5.41, 5.74) is 5.83. The predicted molar refractivity (Wildman–Crippen MR) is 68.4 cm³/mol. The molecule has 1 unspecified atom stereocenters. The quantitative estimate of drug-likeness (QED) is 0.800. The number of thiol groups is 1. The molecule has 0 bridgehead atoms. The standard InChI is InChI=1S/C11H11ClN2O2S/c12-7-1-2-9(17)8(4-7)14-5-6(11(13)16)3-10(14)15/h1-2,4,6,17H,3,5H2,(H2,13,16). The summed E-state index contributed by atoms with van der Waals surface area (Å²) in [7, 11) is 0. The first-order valence-corrected chi connectivity index (χ1v) is 5.89. The van der Waals surface area contributed by atoms with Crippen molar-refractivity contribution in [3.05, 3.63) is 23.2 Å². The molecule has 1 aromatic rings. The molecule has 0 spiro atoms. The molecule has 1 fully saturated rings. The minimum absolute atomic E-state index is 0.133. The normalized spacial score (nSPS) is 19.8. The summed E-state index contributed by atoms with van der Waals surface area (Å²) in [5.74, 6) is -1.02. The second-order valence-corrected chi connectivity index (χ2v) is 4.86. The van der Waals surface area contributed by atoms with Gasteiger partial charge in [-0.05, 0) is 18.2 Å². The van der Waals surface area contributed by atoms with Gasteiger partial charge in [0, 0.05) is 22.9 Å². The highest BCUT2D eigenvalue weighted by molar-refractivity contribution is 7.80. The van der Waals surface area contributed by atoms with Crippen molar-refractivity contribution in [3.63, 3.8) is 0 Å². The topological polar surface area (TPSA) is 63.4 Å². The fourth-order valence-corrected chi connectivity index (χ4v) is 2.27. The van der Waals surface area contributed by atoms with E-state index in [1.807, 2.05) is 0 Å². The number of rotatable bonds is 2. The summed E-state index contributed by atoms with van der Waals surface area (Å²) in [4.78, 5) is 25.0. The molecule has 17 heavy (non-hydrogen) atoms. The molecular formula is C11H11ClN2O2S. The van der Waals surface area contributed by atoms with Gasteiger partial charge in [-0.15, -0.1) is 12.6 Å². The Balaban J connectivity index is 2.32. The molecule has 90 valence electrons. The Kier molecular flexibility index (Phi) is 3.31. The maximum atomic E-state index is 11.8. The van der Waals surface area contributed by atoms with Crippen LogP contribution in [0.3, 0.4) is 0 Å². The van der Waals surface area contributed by atoms with Gasteiger partial charge in [-0.2, -0.15) is 0 Å². The molecule has 1 atom stereocenters. The van der Waals surface area contributed by atoms with Crippen molar-refractivity contribution >= 4 is 41.7 Å². The molecule has 0 aromatic heterocycles. The van der Waals surface area contributed by atoms with E-state index in [1.54, 1.807) is 18.2 Å². The molecule has 1 heterocycles. The maximum absolute atomic E-state index is 11.8. The number of benzene rings is 1. The number of nitrogens with two attached hydrogens (primary N) is 1. The number of primary amides is 1. The zero-order valence-electron chi connectivity index (χ0n) is 8.89. The lowest BCUT2D eigenvalue weighted by atomic mass is 10.1. The van der Waals surface area contributed by atoms with Crippen LogP contribution in [0, 0.1) is 5.92 Å². The number of amides is 2. The number of anilines is 1. The van der Waals surface area contributed by atoms with E-state index in [9.17, 15) is 9.59 Å². The number of hydrogen-bond acceptors (Lipinski definition) is 3. The molecule has 1 aromatic carbocycles. The lowest BCUT2D eigenvalue weighted by molar-refractivity contribution is -0.123. The van der Waals surface area contributed by atoms with Gasteiger partial charge in [-0.1, -0.05) is 11.6 Å². The first-order chi connectivity index (χ1) is 7.99. The van der Waals surface area contributed by atoms with Crippen LogP contribution < -0.4 is 10.6 Å². The summed E-state index contributed by atoms with van der Waals surface area (Å²) in [5, 5.41) is 0.521. The van der Waals surface area contributed by atoms with Gasteiger partial charge in [0.2, 0.25) is 11.8 Å². The van der Waals surface area contributed by atoms with Crippen molar-refractivity contribution in [1.82, 2.24) is 0 Å². The van der Waals surface area contributed by atoms with E-state index >= 15 is 0 Å². The first kappa shape index (κ1) is 12.3. The number of carbonyl (C=O) groups excluding carboxylic acids is 2. The van der Waals surface area contributed by atoms with Crippen LogP contribution in [-0.4, -0.2) is 18.4 Å². The summed E-state index contributed by atoms with van der Waals surface area (Å²) in [6, 6.07) is 5.07. The van der Waals surface area contributed by atoms with E-state index in [1.165, 1.54) is 4.90 Å². The van der Waals surface area contributed by atoms with Crippen molar-refractivity contribution in [2.24, 2.45) is 11.7 Å². The molecule has 4 nitrogen and oxygen atoms in total. The van der Waals surface area contributed by atoms with Crippen molar-refractivity contribution in [3.8, 4) is 0 Å². The van der Waals surface area contributed by atoms with E-state index in [0.717, 1.165) is 0 Å². The minimum Gasteiger partial charge on any atom is -0.369 e. The molecule has 2 amide bonds. The Morgan fingerprint density at radius 2 is 2.24 bits per heavy atom. The lowest BCUT2D eigenvalue weighted by Gasteiger charge is -2.18. The van der Waals surface area contributed by atoms with E-state index in [-0.39, 0.29) is 12.3 Å². The lowest BCUT2D eigenvalue weighted by Crippen LogP contribution is -2.28. The van der Waals surface area contributed by atoms with E-state index < -0.39 is 11.8 Å². The fraction of sp³-hybridized carbons (Fsp3) is 0.273. The van der Waals surface area contributed by atoms with Crippen molar-refractivity contribution in [1.29, 1.82) is 0 Å². The van der Waals surface area contributed by atoms with Gasteiger partial charge >= 0.3 is 0 Å². The molecule has 6 heteroatoms. The third-order valence-corrected chi connectivity index (χ3v) is 3.37. The second-order valence-electron chi connectivity index (χ2n) is 3.94. The highest BCUT2D eigenvalue weighted by Crippen LogP contribution is 2.32. The maximum Gasteiger partial charge on any atom is 0.227 e. The van der Waals surface area contributed by atoms with Gasteiger partial charge in [0.1, 0.15) is 0 Å². The van der Waals surface area contributed by atoms with Crippen LogP contribution in [0.25, 0.3) is 0 Å². The van der Waals surface area contributed by atoms with Crippen LogP contribution in [-0.2, 0) is 9.59 Å². The molecule has 1 aliphatic rings. The van der Waals surface area contributed by atoms with E-state index in [2.05, 4.69) is 12.6 Å². The van der Waals surface area contributed by atoms with Crippen molar-refractivity contribution in [2.45, 2.75) is 11.3 Å². The van der Waals surface area contributed by atoms with Crippen LogP contribution in [0.15, 0.2) is 23.1 Å². The van der Waals surface area contributed by atoms with Gasteiger partial charge in [0.25, 0.3) is 0 Å². The van der Waals surface area contributed by atoms with Crippen molar-refractivity contribution in [2.75, 3.05) is 11.4 Å². The van der Waals surface area contributed by atoms with Gasteiger partial charge in [-0.25, -0.2) is 0 Å². The molecule has 0 saturated carbocycles. The molecular weight excluding hydrogens is 260 g/mol.